The van der Waals surface area contributed by atoms with E-state index >= 15 is 0 Å². The first-order valence-electron chi connectivity index (χ1n) is 6.63. The van der Waals surface area contributed by atoms with Crippen LogP contribution in [0, 0.1) is 6.58 Å². The zero-order valence-corrected chi connectivity index (χ0v) is 14.1. The van der Waals surface area contributed by atoms with Crippen LogP contribution in [0.25, 0.3) is 16.9 Å². The normalized spacial score (nSPS) is 10.5. The quantitative estimate of drug-likeness (QED) is 0.464. The lowest BCUT2D eigenvalue weighted by Crippen LogP contribution is -3.61. The van der Waals surface area contributed by atoms with E-state index in [4.69, 9.17) is 4.98 Å². The maximum atomic E-state index is 4.86. The Labute approximate surface area is 144 Å². The first-order valence-corrected chi connectivity index (χ1v) is 9.66. The molecule has 0 bridgehead atoms. The van der Waals surface area contributed by atoms with Crippen LogP contribution in [0.4, 0.5) is 0 Å². The summed E-state index contributed by atoms with van der Waals surface area (Å²) in [4.78, 5) is 4.86. The Balaban J connectivity index is 0.00000144. The van der Waals surface area contributed by atoms with Crippen molar-refractivity contribution in [3.63, 3.8) is 0 Å². The number of hydrogen-bond acceptors (Lipinski definition) is 2. The summed E-state index contributed by atoms with van der Waals surface area (Å²) >= 11 is 1.61. The monoisotopic (exact) mass is 419 g/mol. The minimum absolute atomic E-state index is 0. The summed E-state index contributed by atoms with van der Waals surface area (Å²) in [5.74, 6) is 0. The molecule has 0 aliphatic carbocycles. The number of hydrogen-bond donors (Lipinski definition) is 0. The molecule has 4 rings (SSSR count). The number of pyridine rings is 1. The molecule has 0 saturated heterocycles. The van der Waals surface area contributed by atoms with Crippen molar-refractivity contribution in [1.82, 2.24) is 9.38 Å². The fraction of sp³-hybridized carbons (Fsp3) is 0.0556. The van der Waals surface area contributed by atoms with Crippen LogP contribution in [0.5, 0.6) is 0 Å². The third kappa shape index (κ3) is 2.80. The second kappa shape index (κ2) is 6.62. The van der Waals surface area contributed by atoms with E-state index < -0.39 is 0 Å². The molecular weight excluding hydrogens is 403 g/mol. The molecule has 3 heterocycles. The van der Waals surface area contributed by atoms with Crippen LogP contribution in [0.15, 0.2) is 72.2 Å². The first-order chi connectivity index (χ1) is 10.4. The summed E-state index contributed by atoms with van der Waals surface area (Å²) in [5.41, 5.74) is 3.36. The van der Waals surface area contributed by atoms with Crippen LogP contribution in [-0.4, -0.2) is 9.38 Å². The molecule has 4 heteroatoms. The summed E-state index contributed by atoms with van der Waals surface area (Å²) < 4.78 is 5.07. The molecule has 0 fully saturated rings. The van der Waals surface area contributed by atoms with Crippen molar-refractivity contribution in [1.29, 1.82) is 0 Å². The van der Waals surface area contributed by atoms with Crippen molar-refractivity contribution in [3.8, 4) is 11.3 Å². The van der Waals surface area contributed by atoms with Gasteiger partial charge in [0.05, 0.1) is 0 Å². The highest BCUT2D eigenvalue weighted by molar-refractivity contribution is 7.07. The molecule has 0 atom stereocenters. The summed E-state index contributed by atoms with van der Waals surface area (Å²) in [7, 11) is 0. The molecule has 22 heavy (non-hydrogen) atoms. The van der Waals surface area contributed by atoms with E-state index in [-0.39, 0.29) is 28.6 Å². The van der Waals surface area contributed by atoms with Crippen LogP contribution in [0.2, 0.25) is 0 Å². The molecule has 0 unspecified atom stereocenters. The molecule has 2 nitrogen and oxygen atoms in total. The zero-order chi connectivity index (χ0) is 14.1. The molecule has 0 N–H and O–H groups in total. The van der Waals surface area contributed by atoms with Crippen LogP contribution in [0.1, 0.15) is 7.43 Å². The molecule has 0 amide bonds. The van der Waals surface area contributed by atoms with Crippen molar-refractivity contribution >= 4 is 17.0 Å². The van der Waals surface area contributed by atoms with Gasteiger partial charge < -0.3 is 0 Å². The van der Waals surface area contributed by atoms with Crippen molar-refractivity contribution in [2.75, 3.05) is 0 Å². The third-order valence-corrected chi connectivity index (χ3v) is 7.56. The van der Waals surface area contributed by atoms with E-state index in [1.54, 1.807) is 0 Å². The van der Waals surface area contributed by atoms with Crippen molar-refractivity contribution in [2.45, 2.75) is 7.43 Å². The van der Waals surface area contributed by atoms with E-state index in [1.165, 1.54) is 12.1 Å². The number of halogens is 1. The SMILES string of the molecule is C.c1ccc(-c2nc3ccccn3c2[I+]c2cccs2)cc1. The highest BCUT2D eigenvalue weighted by Crippen LogP contribution is 2.18. The molecule has 0 saturated carbocycles. The van der Waals surface area contributed by atoms with Gasteiger partial charge in [0.15, 0.2) is 0 Å². The highest BCUT2D eigenvalue weighted by atomic mass is 127. The van der Waals surface area contributed by atoms with E-state index in [0.717, 1.165) is 11.3 Å². The molecule has 1 aromatic carbocycles. The van der Waals surface area contributed by atoms with Crippen LogP contribution < -0.4 is 21.2 Å². The smallest absolute Gasteiger partial charge is 0.261 e. The van der Waals surface area contributed by atoms with Gasteiger partial charge >= 0.3 is 21.2 Å². The number of thiophene rings is 1. The Morgan fingerprint density at radius 2 is 1.73 bits per heavy atom. The predicted octanol–water partition coefficient (Wildman–Crippen LogP) is 1.83. The van der Waals surface area contributed by atoms with Gasteiger partial charge in [0.2, 0.25) is 2.88 Å². The molecule has 0 spiro atoms. The van der Waals surface area contributed by atoms with Gasteiger partial charge in [-0.25, -0.2) is 4.98 Å². The van der Waals surface area contributed by atoms with Gasteiger partial charge in [0.1, 0.15) is 11.3 Å². The van der Waals surface area contributed by atoms with Gasteiger partial charge in [-0.15, -0.1) is 0 Å². The van der Waals surface area contributed by atoms with Crippen molar-refractivity contribution in [3.05, 3.63) is 78.8 Å². The van der Waals surface area contributed by atoms with E-state index in [0.29, 0.717) is 0 Å². The molecule has 3 aromatic heterocycles. The summed E-state index contributed by atoms with van der Waals surface area (Å²) in [6.07, 6.45) is 2.12. The summed E-state index contributed by atoms with van der Waals surface area (Å²) in [5, 5.41) is 2.15. The number of nitrogens with zero attached hydrogens (tertiary/aromatic N) is 2. The lowest BCUT2D eigenvalue weighted by Gasteiger charge is -1.94. The standard InChI is InChI=1S/C17H12IN2S.CH4/c1-2-7-13(8-3-1)16-17(18-14-9-6-12-21-14)20-11-5-4-10-15(20)19-16;/h1-12H;1H4/q+1;. The molecule has 0 aliphatic heterocycles. The molecule has 4 aromatic rings. The van der Waals surface area contributed by atoms with Crippen LogP contribution in [0.3, 0.4) is 0 Å². The van der Waals surface area contributed by atoms with Crippen molar-refractivity contribution in [2.24, 2.45) is 0 Å². The summed E-state index contributed by atoms with van der Waals surface area (Å²) in [6.45, 7) is 0. The Bertz CT molecular complexity index is 867. The van der Waals surface area contributed by atoms with Crippen molar-refractivity contribution < 1.29 is 21.2 Å². The average molecular weight is 419 g/mol. The molecular formula is C18H16IN2S+. The average Bonchev–Trinajstić information content (AvgIpc) is 3.17. The van der Waals surface area contributed by atoms with Gasteiger partial charge in [-0.3, -0.25) is 4.40 Å². The van der Waals surface area contributed by atoms with Gasteiger partial charge in [0.25, 0.3) is 3.70 Å². The third-order valence-electron chi connectivity index (χ3n) is 3.19. The highest BCUT2D eigenvalue weighted by Gasteiger charge is 2.28. The largest absolute Gasteiger partial charge is 0.392 e. The van der Waals surface area contributed by atoms with Gasteiger partial charge in [-0.2, -0.15) is 0 Å². The van der Waals surface area contributed by atoms with Gasteiger partial charge in [0, 0.05) is 17.8 Å². The van der Waals surface area contributed by atoms with Crippen LogP contribution in [-0.2, 0) is 0 Å². The molecule has 0 radical (unpaired) electrons. The molecule has 110 valence electrons. The predicted molar refractivity (Wildman–Crippen MR) is 89.1 cm³/mol. The number of fused-ring (bicyclic) bond motifs is 1. The number of imidazole rings is 1. The maximum absolute atomic E-state index is 4.86. The zero-order valence-electron chi connectivity index (χ0n) is 11.1. The lowest BCUT2D eigenvalue weighted by molar-refractivity contribution is -0.597. The summed E-state index contributed by atoms with van der Waals surface area (Å²) in [6, 6.07) is 21.0. The van der Waals surface area contributed by atoms with Gasteiger partial charge in [-0.1, -0.05) is 55.2 Å². The van der Waals surface area contributed by atoms with E-state index in [2.05, 4.69) is 64.5 Å². The molecule has 0 aliphatic rings. The first kappa shape index (κ1) is 15.2. The second-order valence-corrected chi connectivity index (χ2v) is 8.96. The van der Waals surface area contributed by atoms with E-state index in [1.807, 2.05) is 23.5 Å². The van der Waals surface area contributed by atoms with Gasteiger partial charge in [-0.05, 0) is 23.6 Å². The second-order valence-electron chi connectivity index (χ2n) is 4.56. The number of aromatic nitrogens is 2. The number of rotatable bonds is 3. The van der Waals surface area contributed by atoms with E-state index in [9.17, 15) is 0 Å². The topological polar surface area (TPSA) is 17.3 Å². The fourth-order valence-corrected chi connectivity index (χ4v) is 6.28. The lowest BCUT2D eigenvalue weighted by atomic mass is 10.2. The minimum atomic E-state index is -0.227. The Morgan fingerprint density at radius 3 is 2.50 bits per heavy atom. The van der Waals surface area contributed by atoms with Crippen LogP contribution >= 0.6 is 11.3 Å². The Kier molecular flexibility index (Phi) is 4.59. The fourth-order valence-electron chi connectivity index (χ4n) is 2.24. The number of benzene rings is 1. The Hall–Kier alpha value is -1.66. The maximum Gasteiger partial charge on any atom is 0.392 e. The Morgan fingerprint density at radius 1 is 0.909 bits per heavy atom. The minimum Gasteiger partial charge on any atom is -0.261 e.